The SMILES string of the molecule is C/C=C(\C=N)c1ccc2c(ccc3c4ccc(-c5ccc(-c6cccc7c6C=CCC7)cc5)cc4n(-c4ccc5ccccc5c4)c23)c1. The summed E-state index contributed by atoms with van der Waals surface area (Å²) in [4.78, 5) is 0. The Morgan fingerprint density at radius 2 is 1.42 bits per heavy atom. The highest BCUT2D eigenvalue weighted by Crippen LogP contribution is 2.40. The smallest absolute Gasteiger partial charge is 0.0619 e. The number of nitrogens with one attached hydrogen (secondary N) is 1. The Balaban J connectivity index is 1.25. The number of aromatic nitrogens is 1. The molecule has 1 aromatic heterocycles. The van der Waals surface area contributed by atoms with Gasteiger partial charge in [-0.15, -0.1) is 0 Å². The van der Waals surface area contributed by atoms with E-state index in [4.69, 9.17) is 5.41 Å². The van der Waals surface area contributed by atoms with E-state index in [0.717, 1.165) is 29.7 Å². The summed E-state index contributed by atoms with van der Waals surface area (Å²) >= 11 is 0. The third-order valence-corrected chi connectivity index (χ3v) is 10.1. The van der Waals surface area contributed by atoms with Gasteiger partial charge in [0.2, 0.25) is 0 Å². The number of benzene rings is 7. The Kier molecular flexibility index (Phi) is 6.69. The zero-order chi connectivity index (χ0) is 32.2. The van der Waals surface area contributed by atoms with Crippen LogP contribution in [0.25, 0.3) is 82.9 Å². The van der Waals surface area contributed by atoms with Gasteiger partial charge in [0.1, 0.15) is 0 Å². The molecule has 48 heavy (non-hydrogen) atoms. The average molecular weight is 615 g/mol. The molecule has 0 bridgehead atoms. The van der Waals surface area contributed by atoms with E-state index >= 15 is 0 Å². The first kappa shape index (κ1) is 28.3. The first-order chi connectivity index (χ1) is 23.7. The highest BCUT2D eigenvalue weighted by molar-refractivity contribution is 6.20. The van der Waals surface area contributed by atoms with Gasteiger partial charge in [0.25, 0.3) is 0 Å². The molecule has 228 valence electrons. The number of fused-ring (bicyclic) bond motifs is 7. The van der Waals surface area contributed by atoms with E-state index in [1.54, 1.807) is 0 Å². The normalized spacial score (nSPS) is 13.1. The molecular formula is C46H34N2. The van der Waals surface area contributed by atoms with Crippen LogP contribution in [0.2, 0.25) is 0 Å². The highest BCUT2D eigenvalue weighted by Gasteiger charge is 2.17. The molecule has 2 heteroatoms. The van der Waals surface area contributed by atoms with Gasteiger partial charge in [-0.3, -0.25) is 0 Å². The summed E-state index contributed by atoms with van der Waals surface area (Å²) in [5.41, 5.74) is 13.3. The Labute approximate surface area is 280 Å². The lowest BCUT2D eigenvalue weighted by molar-refractivity contribution is 0.986. The van der Waals surface area contributed by atoms with Crippen molar-refractivity contribution in [3.8, 4) is 27.9 Å². The van der Waals surface area contributed by atoms with Crippen molar-refractivity contribution in [3.05, 3.63) is 162 Å². The molecule has 7 aromatic carbocycles. The highest BCUT2D eigenvalue weighted by atomic mass is 15.0. The quantitative estimate of drug-likeness (QED) is 0.187. The molecule has 0 unspecified atom stereocenters. The number of rotatable bonds is 5. The third-order valence-electron chi connectivity index (χ3n) is 10.1. The summed E-state index contributed by atoms with van der Waals surface area (Å²) in [5.74, 6) is 0. The molecule has 0 amide bonds. The molecule has 0 saturated heterocycles. The van der Waals surface area contributed by atoms with Crippen LogP contribution in [0, 0.1) is 5.41 Å². The molecule has 0 fully saturated rings. The van der Waals surface area contributed by atoms with Crippen LogP contribution in [-0.4, -0.2) is 10.8 Å². The van der Waals surface area contributed by atoms with Crippen molar-refractivity contribution in [1.82, 2.24) is 4.57 Å². The molecule has 1 heterocycles. The minimum Gasteiger partial charge on any atom is -0.309 e. The van der Waals surface area contributed by atoms with Crippen LogP contribution in [0.4, 0.5) is 0 Å². The third kappa shape index (κ3) is 4.52. The molecule has 0 saturated carbocycles. The van der Waals surface area contributed by atoms with Crippen molar-refractivity contribution in [2.75, 3.05) is 0 Å². The van der Waals surface area contributed by atoms with E-state index < -0.39 is 0 Å². The van der Waals surface area contributed by atoms with E-state index in [-0.39, 0.29) is 0 Å². The zero-order valence-corrected chi connectivity index (χ0v) is 26.9. The van der Waals surface area contributed by atoms with Gasteiger partial charge in [0.15, 0.2) is 0 Å². The maximum Gasteiger partial charge on any atom is 0.0619 e. The van der Waals surface area contributed by atoms with E-state index in [0.29, 0.717) is 0 Å². The predicted molar refractivity (Wildman–Crippen MR) is 206 cm³/mol. The molecule has 1 aliphatic carbocycles. The van der Waals surface area contributed by atoms with Crippen molar-refractivity contribution in [2.24, 2.45) is 0 Å². The van der Waals surface area contributed by atoms with Gasteiger partial charge in [-0.1, -0.05) is 127 Å². The van der Waals surface area contributed by atoms with Crippen molar-refractivity contribution in [2.45, 2.75) is 19.8 Å². The second-order valence-corrected chi connectivity index (χ2v) is 12.8. The second-order valence-electron chi connectivity index (χ2n) is 12.8. The Morgan fingerprint density at radius 3 is 2.27 bits per heavy atom. The standard InChI is InChI=1S/C46H34N2/c1-2-30(29-47)36-19-23-42-38(26-36)21-25-44-43-24-20-37(28-45(43)48(46(42)44)39-22-18-31-8-3-4-10-35(31)27-39)32-14-16-34(17-15-32)41-13-7-11-33-9-5-6-12-40(33)41/h2-4,6-8,10-29,47H,5,9H2,1H3/b30-2+,47-29?. The minimum atomic E-state index is 0.923. The Morgan fingerprint density at radius 1 is 0.646 bits per heavy atom. The number of allylic oxidation sites excluding steroid dienone is 3. The first-order valence-corrected chi connectivity index (χ1v) is 16.8. The van der Waals surface area contributed by atoms with Crippen LogP contribution in [0.1, 0.15) is 30.0 Å². The molecular weight excluding hydrogens is 581 g/mol. The number of nitrogens with zero attached hydrogens (tertiary/aromatic N) is 1. The van der Waals surface area contributed by atoms with Gasteiger partial charge in [-0.05, 0) is 105 Å². The van der Waals surface area contributed by atoms with Crippen molar-refractivity contribution in [1.29, 1.82) is 5.41 Å². The molecule has 0 atom stereocenters. The number of hydrogen-bond acceptors (Lipinski definition) is 1. The van der Waals surface area contributed by atoms with Crippen molar-refractivity contribution < 1.29 is 0 Å². The summed E-state index contributed by atoms with van der Waals surface area (Å²) in [6.07, 6.45) is 10.2. The molecule has 0 radical (unpaired) electrons. The van der Waals surface area contributed by atoms with Gasteiger partial charge < -0.3 is 9.98 Å². The summed E-state index contributed by atoms with van der Waals surface area (Å²) < 4.78 is 2.45. The van der Waals surface area contributed by atoms with Crippen molar-refractivity contribution in [3.63, 3.8) is 0 Å². The summed E-state index contributed by atoms with van der Waals surface area (Å²) in [6.45, 7) is 1.99. The molecule has 0 spiro atoms. The van der Waals surface area contributed by atoms with E-state index in [1.807, 2.05) is 13.0 Å². The van der Waals surface area contributed by atoms with E-state index in [2.05, 4.69) is 150 Å². The van der Waals surface area contributed by atoms with Crippen LogP contribution in [0.3, 0.4) is 0 Å². The summed E-state index contributed by atoms with van der Waals surface area (Å²) in [6, 6.07) is 49.2. The fraction of sp³-hybridized carbons (Fsp3) is 0.0652. The summed E-state index contributed by atoms with van der Waals surface area (Å²) in [5, 5.41) is 15.2. The fourth-order valence-electron chi connectivity index (χ4n) is 7.67. The Hall–Kier alpha value is -5.99. The van der Waals surface area contributed by atoms with Gasteiger partial charge in [0.05, 0.1) is 11.0 Å². The maximum atomic E-state index is 7.91. The lowest BCUT2D eigenvalue weighted by Crippen LogP contribution is -1.96. The lowest BCUT2D eigenvalue weighted by Gasteiger charge is -2.15. The molecule has 1 N–H and O–H groups in total. The van der Waals surface area contributed by atoms with Crippen LogP contribution in [0.5, 0.6) is 0 Å². The second kappa shape index (κ2) is 11.4. The first-order valence-electron chi connectivity index (χ1n) is 16.8. The number of aryl methyl sites for hydroxylation is 1. The van der Waals surface area contributed by atoms with Crippen LogP contribution < -0.4 is 0 Å². The zero-order valence-electron chi connectivity index (χ0n) is 26.9. The van der Waals surface area contributed by atoms with Gasteiger partial charge >= 0.3 is 0 Å². The van der Waals surface area contributed by atoms with E-state index in [9.17, 15) is 0 Å². The van der Waals surface area contributed by atoms with E-state index in [1.165, 1.54) is 82.9 Å². The molecule has 2 nitrogen and oxygen atoms in total. The van der Waals surface area contributed by atoms with Crippen LogP contribution >= 0.6 is 0 Å². The fourth-order valence-corrected chi connectivity index (χ4v) is 7.67. The lowest BCUT2D eigenvalue weighted by atomic mass is 9.89. The Bertz CT molecular complexity index is 2630. The monoisotopic (exact) mass is 614 g/mol. The molecule has 1 aliphatic rings. The molecule has 8 aromatic rings. The molecule has 0 aliphatic heterocycles. The van der Waals surface area contributed by atoms with Gasteiger partial charge in [-0.2, -0.15) is 0 Å². The van der Waals surface area contributed by atoms with Crippen LogP contribution in [-0.2, 0) is 6.42 Å². The maximum absolute atomic E-state index is 7.91. The van der Waals surface area contributed by atoms with Gasteiger partial charge in [0, 0.05) is 28.1 Å². The minimum absolute atomic E-state index is 0.923. The predicted octanol–water partition coefficient (Wildman–Crippen LogP) is 12.4. The van der Waals surface area contributed by atoms with Gasteiger partial charge in [-0.25, -0.2) is 0 Å². The largest absolute Gasteiger partial charge is 0.309 e. The average Bonchev–Trinajstić information content (AvgIpc) is 3.49. The molecule has 9 rings (SSSR count). The van der Waals surface area contributed by atoms with Crippen LogP contribution in [0.15, 0.2) is 146 Å². The number of hydrogen-bond donors (Lipinski definition) is 1. The van der Waals surface area contributed by atoms with Crippen molar-refractivity contribution >= 4 is 61.2 Å². The topological polar surface area (TPSA) is 28.8 Å². The summed E-state index contributed by atoms with van der Waals surface area (Å²) in [7, 11) is 0.